The number of amides is 1. The van der Waals surface area contributed by atoms with E-state index in [1.165, 1.54) is 11.1 Å². The van der Waals surface area contributed by atoms with Crippen molar-refractivity contribution in [3.8, 4) is 0 Å². The van der Waals surface area contributed by atoms with E-state index in [9.17, 15) is 4.79 Å². The SMILES string of the molecule is Cc1cccc(C2(C(=O)N3CCC(OCCCN)CC3)CCCC2)c1. The maximum absolute atomic E-state index is 13.5. The van der Waals surface area contributed by atoms with E-state index in [1.54, 1.807) is 0 Å². The molecule has 0 aromatic heterocycles. The molecule has 1 saturated heterocycles. The molecular formula is C21H32N2O2. The average molecular weight is 344 g/mol. The van der Waals surface area contributed by atoms with Gasteiger partial charge in [0, 0.05) is 19.7 Å². The Morgan fingerprint density at radius 3 is 2.64 bits per heavy atom. The smallest absolute Gasteiger partial charge is 0.233 e. The molecule has 25 heavy (non-hydrogen) atoms. The predicted molar refractivity (Wildman–Crippen MR) is 101 cm³/mol. The fraction of sp³-hybridized carbons (Fsp3) is 0.667. The van der Waals surface area contributed by atoms with Crippen LogP contribution in [0.5, 0.6) is 0 Å². The van der Waals surface area contributed by atoms with Crippen molar-refractivity contribution in [1.82, 2.24) is 4.90 Å². The molecule has 1 aromatic rings. The van der Waals surface area contributed by atoms with Crippen LogP contribution in [0.3, 0.4) is 0 Å². The summed E-state index contributed by atoms with van der Waals surface area (Å²) in [5.41, 5.74) is 7.69. The lowest BCUT2D eigenvalue weighted by Gasteiger charge is -2.39. The molecule has 138 valence electrons. The van der Waals surface area contributed by atoms with Gasteiger partial charge in [0.1, 0.15) is 0 Å². The van der Waals surface area contributed by atoms with Crippen molar-refractivity contribution in [1.29, 1.82) is 0 Å². The number of likely N-dealkylation sites (tertiary alicyclic amines) is 1. The van der Waals surface area contributed by atoms with Crippen LogP contribution in [0.25, 0.3) is 0 Å². The number of hydrogen-bond acceptors (Lipinski definition) is 3. The van der Waals surface area contributed by atoms with E-state index in [0.29, 0.717) is 12.5 Å². The second-order valence-corrected chi connectivity index (χ2v) is 7.66. The van der Waals surface area contributed by atoms with Gasteiger partial charge in [-0.15, -0.1) is 0 Å². The Labute approximate surface area is 151 Å². The second kappa shape index (κ2) is 8.33. The van der Waals surface area contributed by atoms with Crippen molar-refractivity contribution in [3.05, 3.63) is 35.4 Å². The van der Waals surface area contributed by atoms with Crippen LogP contribution >= 0.6 is 0 Å². The Hall–Kier alpha value is -1.39. The number of nitrogens with zero attached hydrogens (tertiary/aromatic N) is 1. The molecule has 1 aliphatic heterocycles. The molecule has 3 rings (SSSR count). The Balaban J connectivity index is 1.66. The van der Waals surface area contributed by atoms with Crippen LogP contribution in [-0.2, 0) is 14.9 Å². The minimum absolute atomic E-state index is 0.286. The highest BCUT2D eigenvalue weighted by atomic mass is 16.5. The summed E-state index contributed by atoms with van der Waals surface area (Å²) in [6.07, 6.45) is 7.37. The van der Waals surface area contributed by atoms with Gasteiger partial charge in [-0.25, -0.2) is 0 Å². The highest BCUT2D eigenvalue weighted by molar-refractivity contribution is 5.88. The minimum Gasteiger partial charge on any atom is -0.378 e. The molecule has 1 aliphatic carbocycles. The molecule has 1 amide bonds. The normalized spacial score (nSPS) is 20.8. The van der Waals surface area contributed by atoms with Crippen molar-refractivity contribution < 1.29 is 9.53 Å². The first-order valence-corrected chi connectivity index (χ1v) is 9.84. The quantitative estimate of drug-likeness (QED) is 0.807. The maximum atomic E-state index is 13.5. The molecule has 1 aromatic carbocycles. The zero-order valence-electron chi connectivity index (χ0n) is 15.5. The number of carbonyl (C=O) groups is 1. The molecule has 4 nitrogen and oxygen atoms in total. The number of aryl methyl sites for hydroxylation is 1. The fourth-order valence-electron chi connectivity index (χ4n) is 4.41. The predicted octanol–water partition coefficient (Wildman–Crippen LogP) is 3.16. The van der Waals surface area contributed by atoms with E-state index in [2.05, 4.69) is 36.1 Å². The van der Waals surface area contributed by atoms with Crippen LogP contribution in [-0.4, -0.2) is 43.2 Å². The number of rotatable bonds is 6. The van der Waals surface area contributed by atoms with Gasteiger partial charge in [-0.1, -0.05) is 42.7 Å². The zero-order chi connectivity index (χ0) is 17.7. The van der Waals surface area contributed by atoms with Crippen molar-refractivity contribution in [3.63, 3.8) is 0 Å². The molecule has 1 saturated carbocycles. The first-order valence-electron chi connectivity index (χ1n) is 9.84. The van der Waals surface area contributed by atoms with Crippen LogP contribution < -0.4 is 5.73 Å². The molecule has 0 unspecified atom stereocenters. The van der Waals surface area contributed by atoms with Gasteiger partial charge in [-0.2, -0.15) is 0 Å². The van der Waals surface area contributed by atoms with E-state index in [4.69, 9.17) is 10.5 Å². The van der Waals surface area contributed by atoms with Crippen LogP contribution in [0.1, 0.15) is 56.1 Å². The van der Waals surface area contributed by atoms with E-state index in [-0.39, 0.29) is 11.5 Å². The lowest BCUT2D eigenvalue weighted by molar-refractivity contribution is -0.140. The number of carbonyl (C=O) groups excluding carboxylic acids is 1. The molecule has 0 atom stereocenters. The molecule has 0 radical (unpaired) electrons. The van der Waals surface area contributed by atoms with Gasteiger partial charge in [0.05, 0.1) is 11.5 Å². The van der Waals surface area contributed by atoms with Gasteiger partial charge in [0.15, 0.2) is 0 Å². The molecule has 4 heteroatoms. The van der Waals surface area contributed by atoms with E-state index < -0.39 is 0 Å². The van der Waals surface area contributed by atoms with E-state index in [1.807, 2.05) is 0 Å². The first-order chi connectivity index (χ1) is 12.2. The van der Waals surface area contributed by atoms with Gasteiger partial charge >= 0.3 is 0 Å². The number of piperidine rings is 1. The number of hydrogen-bond donors (Lipinski definition) is 1. The van der Waals surface area contributed by atoms with Crippen LogP contribution in [0, 0.1) is 6.92 Å². The number of benzene rings is 1. The maximum Gasteiger partial charge on any atom is 0.233 e. The van der Waals surface area contributed by atoms with Crippen LogP contribution in [0.4, 0.5) is 0 Å². The fourth-order valence-corrected chi connectivity index (χ4v) is 4.41. The molecule has 1 heterocycles. The standard InChI is InChI=1S/C21H32N2O2/c1-17-6-4-7-18(16-17)21(10-2-3-11-21)20(24)23-13-8-19(9-14-23)25-15-5-12-22/h4,6-7,16,19H,2-3,5,8-15,22H2,1H3. The zero-order valence-corrected chi connectivity index (χ0v) is 15.5. The Morgan fingerprint density at radius 2 is 2.00 bits per heavy atom. The lowest BCUT2D eigenvalue weighted by Crippen LogP contribution is -2.49. The molecule has 0 spiro atoms. The van der Waals surface area contributed by atoms with Crippen molar-refractivity contribution in [2.75, 3.05) is 26.2 Å². The number of ether oxygens (including phenoxy) is 1. The highest BCUT2D eigenvalue weighted by Crippen LogP contribution is 2.43. The topological polar surface area (TPSA) is 55.6 Å². The third-order valence-electron chi connectivity index (χ3n) is 5.87. The van der Waals surface area contributed by atoms with E-state index in [0.717, 1.165) is 64.6 Å². The van der Waals surface area contributed by atoms with Gasteiger partial charge in [-0.3, -0.25) is 4.79 Å². The molecule has 0 bridgehead atoms. The summed E-state index contributed by atoms with van der Waals surface area (Å²) in [5.74, 6) is 0.344. The van der Waals surface area contributed by atoms with Crippen LogP contribution in [0.15, 0.2) is 24.3 Å². The van der Waals surface area contributed by atoms with Crippen LogP contribution in [0.2, 0.25) is 0 Å². The summed E-state index contributed by atoms with van der Waals surface area (Å²) in [6, 6.07) is 8.57. The van der Waals surface area contributed by atoms with Gasteiger partial charge in [0.25, 0.3) is 0 Å². The van der Waals surface area contributed by atoms with E-state index >= 15 is 0 Å². The monoisotopic (exact) mass is 344 g/mol. The molecule has 2 fully saturated rings. The van der Waals surface area contributed by atoms with Crippen molar-refractivity contribution in [2.24, 2.45) is 5.73 Å². The van der Waals surface area contributed by atoms with Gasteiger partial charge < -0.3 is 15.4 Å². The third-order valence-corrected chi connectivity index (χ3v) is 5.87. The summed E-state index contributed by atoms with van der Waals surface area (Å²) in [4.78, 5) is 15.6. The number of nitrogens with two attached hydrogens (primary N) is 1. The Kier molecular flexibility index (Phi) is 6.13. The Bertz CT molecular complexity index is 573. The highest BCUT2D eigenvalue weighted by Gasteiger charge is 2.45. The summed E-state index contributed by atoms with van der Waals surface area (Å²) < 4.78 is 5.88. The minimum atomic E-state index is -0.292. The van der Waals surface area contributed by atoms with Crippen molar-refractivity contribution >= 4 is 5.91 Å². The molecular weight excluding hydrogens is 312 g/mol. The second-order valence-electron chi connectivity index (χ2n) is 7.66. The summed E-state index contributed by atoms with van der Waals surface area (Å²) >= 11 is 0. The van der Waals surface area contributed by atoms with Crippen molar-refractivity contribution in [2.45, 2.75) is 63.4 Å². The summed E-state index contributed by atoms with van der Waals surface area (Å²) in [5, 5.41) is 0. The first kappa shape index (κ1) is 18.4. The average Bonchev–Trinajstić information content (AvgIpc) is 3.13. The Morgan fingerprint density at radius 1 is 1.28 bits per heavy atom. The summed E-state index contributed by atoms with van der Waals surface area (Å²) in [7, 11) is 0. The lowest BCUT2D eigenvalue weighted by atomic mass is 9.76. The molecule has 2 N–H and O–H groups in total. The molecule has 2 aliphatic rings. The van der Waals surface area contributed by atoms with Gasteiger partial charge in [0.2, 0.25) is 5.91 Å². The largest absolute Gasteiger partial charge is 0.378 e. The third kappa shape index (κ3) is 4.06. The summed E-state index contributed by atoms with van der Waals surface area (Å²) in [6.45, 7) is 5.17. The van der Waals surface area contributed by atoms with Gasteiger partial charge in [-0.05, 0) is 51.1 Å².